The van der Waals surface area contributed by atoms with E-state index in [0.29, 0.717) is 5.92 Å². The van der Waals surface area contributed by atoms with E-state index in [4.69, 9.17) is 5.11 Å². The number of amides is 1. The van der Waals surface area contributed by atoms with Crippen LogP contribution < -0.4 is 5.32 Å². The van der Waals surface area contributed by atoms with Crippen LogP contribution in [0.5, 0.6) is 0 Å². The number of carboxylic acid groups (broad SMARTS) is 1. The van der Waals surface area contributed by atoms with Gasteiger partial charge in [-0.05, 0) is 43.9 Å². The second-order valence-electron chi connectivity index (χ2n) is 5.58. The van der Waals surface area contributed by atoms with E-state index >= 15 is 0 Å². The first-order valence-electron chi connectivity index (χ1n) is 6.65. The van der Waals surface area contributed by atoms with Gasteiger partial charge in [0.25, 0.3) is 0 Å². The van der Waals surface area contributed by atoms with Gasteiger partial charge in [0.05, 0.1) is 11.5 Å². The molecule has 0 aromatic heterocycles. The molecule has 2 N–H and O–H groups in total. The van der Waals surface area contributed by atoms with Crippen LogP contribution in [-0.2, 0) is 9.59 Å². The maximum atomic E-state index is 11.7. The number of thioether (sulfide) groups is 1. The van der Waals surface area contributed by atoms with Crippen molar-refractivity contribution in [3.05, 3.63) is 0 Å². The van der Waals surface area contributed by atoms with Crippen molar-refractivity contribution in [3.63, 3.8) is 0 Å². The summed E-state index contributed by atoms with van der Waals surface area (Å²) in [7, 11) is 0. The monoisotopic (exact) mass is 271 g/mol. The second-order valence-corrected chi connectivity index (χ2v) is 6.57. The van der Waals surface area contributed by atoms with Crippen LogP contribution in [0.3, 0.4) is 0 Å². The minimum atomic E-state index is -0.867. The Morgan fingerprint density at radius 3 is 2.67 bits per heavy atom. The quantitative estimate of drug-likeness (QED) is 0.772. The van der Waals surface area contributed by atoms with E-state index in [1.807, 2.05) is 0 Å². The zero-order valence-electron chi connectivity index (χ0n) is 10.7. The standard InChI is InChI=1S/C13H21NO3S/c1-8(11-5-9-2-3-10(11)4-9)14-12(15)6-18-7-13(16)17/h8-11H,2-7H2,1H3,(H,14,15)(H,16,17)/t8-,9-,10-,11-/m0/s1. The molecule has 0 unspecified atom stereocenters. The largest absolute Gasteiger partial charge is 0.481 e. The average Bonchev–Trinajstić information content (AvgIpc) is 2.89. The summed E-state index contributed by atoms with van der Waals surface area (Å²) in [5, 5.41) is 11.5. The van der Waals surface area contributed by atoms with Crippen LogP contribution in [0.15, 0.2) is 0 Å². The maximum Gasteiger partial charge on any atom is 0.313 e. The fourth-order valence-electron chi connectivity index (χ4n) is 3.54. The maximum absolute atomic E-state index is 11.7. The van der Waals surface area contributed by atoms with Gasteiger partial charge < -0.3 is 10.4 Å². The SMILES string of the molecule is C[C@H](NC(=O)CSCC(=O)O)[C@@H]1C[C@H]2CC[C@H]1C2. The molecule has 2 rings (SSSR count). The van der Waals surface area contributed by atoms with Gasteiger partial charge in [0, 0.05) is 6.04 Å². The number of aliphatic carboxylic acids is 1. The average molecular weight is 271 g/mol. The first-order chi connectivity index (χ1) is 8.56. The van der Waals surface area contributed by atoms with E-state index < -0.39 is 5.97 Å². The second kappa shape index (κ2) is 5.95. The van der Waals surface area contributed by atoms with Crippen molar-refractivity contribution >= 4 is 23.6 Å². The van der Waals surface area contributed by atoms with Gasteiger partial charge in [0.1, 0.15) is 0 Å². The highest BCUT2D eigenvalue weighted by Crippen LogP contribution is 2.49. The van der Waals surface area contributed by atoms with E-state index in [9.17, 15) is 9.59 Å². The molecule has 0 spiro atoms. The molecule has 1 amide bonds. The molecule has 2 aliphatic carbocycles. The molecule has 0 aromatic rings. The normalized spacial score (nSPS) is 31.3. The zero-order valence-corrected chi connectivity index (χ0v) is 11.5. The van der Waals surface area contributed by atoms with Gasteiger partial charge in [-0.1, -0.05) is 6.42 Å². The highest BCUT2D eigenvalue weighted by Gasteiger charge is 2.42. The number of carbonyl (C=O) groups excluding carboxylic acids is 1. The first kappa shape index (κ1) is 13.7. The van der Waals surface area contributed by atoms with E-state index in [1.165, 1.54) is 25.7 Å². The fourth-order valence-corrected chi connectivity index (χ4v) is 4.09. The molecule has 0 radical (unpaired) electrons. The molecule has 18 heavy (non-hydrogen) atoms. The van der Waals surface area contributed by atoms with Crippen LogP contribution in [0.25, 0.3) is 0 Å². The summed E-state index contributed by atoms with van der Waals surface area (Å²) >= 11 is 1.16. The number of fused-ring (bicyclic) bond motifs is 2. The molecule has 0 aromatic carbocycles. The van der Waals surface area contributed by atoms with Gasteiger partial charge in [-0.3, -0.25) is 9.59 Å². The number of hydrogen-bond donors (Lipinski definition) is 2. The highest BCUT2D eigenvalue weighted by molar-refractivity contribution is 8.00. The van der Waals surface area contributed by atoms with Gasteiger partial charge in [0.15, 0.2) is 0 Å². The molecule has 5 heteroatoms. The van der Waals surface area contributed by atoms with Gasteiger partial charge in [-0.15, -0.1) is 11.8 Å². The highest BCUT2D eigenvalue weighted by atomic mass is 32.2. The topological polar surface area (TPSA) is 66.4 Å². The molecule has 2 aliphatic rings. The van der Waals surface area contributed by atoms with E-state index in [1.54, 1.807) is 0 Å². The van der Waals surface area contributed by atoms with Crippen LogP contribution in [0.2, 0.25) is 0 Å². The van der Waals surface area contributed by atoms with Gasteiger partial charge in [-0.25, -0.2) is 0 Å². The van der Waals surface area contributed by atoms with Crippen molar-refractivity contribution in [2.75, 3.05) is 11.5 Å². The lowest BCUT2D eigenvalue weighted by atomic mass is 9.84. The fraction of sp³-hybridized carbons (Fsp3) is 0.846. The minimum Gasteiger partial charge on any atom is -0.481 e. The molecule has 4 atom stereocenters. The Morgan fingerprint density at radius 1 is 1.33 bits per heavy atom. The summed E-state index contributed by atoms with van der Waals surface area (Å²) in [4.78, 5) is 22.0. The molecule has 0 heterocycles. The van der Waals surface area contributed by atoms with Crippen LogP contribution in [0.1, 0.15) is 32.6 Å². The van der Waals surface area contributed by atoms with Crippen LogP contribution in [0, 0.1) is 17.8 Å². The summed E-state index contributed by atoms with van der Waals surface area (Å²) in [5.41, 5.74) is 0. The predicted octanol–water partition coefficient (Wildman–Crippen LogP) is 1.75. The lowest BCUT2D eigenvalue weighted by Gasteiger charge is -2.28. The Kier molecular flexibility index (Phi) is 4.54. The number of rotatable bonds is 6. The summed E-state index contributed by atoms with van der Waals surface area (Å²) in [6.45, 7) is 2.09. The molecular formula is C13H21NO3S. The first-order valence-corrected chi connectivity index (χ1v) is 7.80. The van der Waals surface area contributed by atoms with Crippen molar-refractivity contribution in [2.24, 2.45) is 17.8 Å². The van der Waals surface area contributed by atoms with E-state index in [0.717, 1.165) is 23.6 Å². The van der Waals surface area contributed by atoms with E-state index in [-0.39, 0.29) is 23.5 Å². The third kappa shape index (κ3) is 3.40. The molecule has 0 saturated heterocycles. The lowest BCUT2D eigenvalue weighted by molar-refractivity contribution is -0.133. The number of carbonyl (C=O) groups is 2. The van der Waals surface area contributed by atoms with Crippen molar-refractivity contribution in [1.82, 2.24) is 5.32 Å². The third-order valence-electron chi connectivity index (χ3n) is 4.28. The minimum absolute atomic E-state index is 0.00404. The van der Waals surface area contributed by atoms with E-state index in [2.05, 4.69) is 12.2 Å². The van der Waals surface area contributed by atoms with Crippen LogP contribution in [0.4, 0.5) is 0 Å². The Hall–Kier alpha value is -0.710. The number of hydrogen-bond acceptors (Lipinski definition) is 3. The summed E-state index contributed by atoms with van der Waals surface area (Å²) in [6.07, 6.45) is 5.30. The summed E-state index contributed by atoms with van der Waals surface area (Å²) in [5.74, 6) is 1.67. The molecule has 2 fully saturated rings. The van der Waals surface area contributed by atoms with Crippen LogP contribution in [-0.4, -0.2) is 34.5 Å². The molecule has 4 nitrogen and oxygen atoms in total. The van der Waals surface area contributed by atoms with Crippen molar-refractivity contribution in [3.8, 4) is 0 Å². The zero-order chi connectivity index (χ0) is 13.1. The van der Waals surface area contributed by atoms with Gasteiger partial charge >= 0.3 is 5.97 Å². The Morgan fingerprint density at radius 2 is 2.11 bits per heavy atom. The number of carboxylic acids is 1. The Balaban J connectivity index is 1.69. The Bertz CT molecular complexity index is 334. The van der Waals surface area contributed by atoms with Crippen molar-refractivity contribution in [2.45, 2.75) is 38.6 Å². The Labute approximate surface area is 112 Å². The lowest BCUT2D eigenvalue weighted by Crippen LogP contribution is -2.41. The van der Waals surface area contributed by atoms with Crippen molar-refractivity contribution < 1.29 is 14.7 Å². The van der Waals surface area contributed by atoms with Crippen molar-refractivity contribution in [1.29, 1.82) is 0 Å². The van der Waals surface area contributed by atoms with Crippen LogP contribution >= 0.6 is 11.8 Å². The smallest absolute Gasteiger partial charge is 0.313 e. The van der Waals surface area contributed by atoms with Gasteiger partial charge in [0.2, 0.25) is 5.91 Å². The van der Waals surface area contributed by atoms with Gasteiger partial charge in [-0.2, -0.15) is 0 Å². The molecular weight excluding hydrogens is 250 g/mol. The predicted molar refractivity (Wildman–Crippen MR) is 71.5 cm³/mol. The third-order valence-corrected chi connectivity index (χ3v) is 5.20. The number of nitrogens with one attached hydrogen (secondary N) is 1. The molecule has 2 bridgehead atoms. The molecule has 0 aliphatic heterocycles. The molecule has 2 saturated carbocycles. The molecule has 102 valence electrons. The summed E-state index contributed by atoms with van der Waals surface area (Å²) in [6, 6.07) is 0.234. The summed E-state index contributed by atoms with van der Waals surface area (Å²) < 4.78 is 0.